The van der Waals surface area contributed by atoms with Crippen molar-refractivity contribution in [2.45, 2.75) is 5.25 Å². The van der Waals surface area contributed by atoms with Gasteiger partial charge >= 0.3 is 0 Å². The number of benzene rings is 2. The van der Waals surface area contributed by atoms with E-state index < -0.39 is 0 Å². The largest absolute Gasteiger partial charge is 0.310 e. The van der Waals surface area contributed by atoms with Crippen molar-refractivity contribution >= 4 is 23.5 Å². The molecule has 24 heavy (non-hydrogen) atoms. The van der Waals surface area contributed by atoms with E-state index in [-0.39, 0.29) is 17.0 Å². The van der Waals surface area contributed by atoms with Crippen molar-refractivity contribution in [3.05, 3.63) is 77.7 Å². The summed E-state index contributed by atoms with van der Waals surface area (Å²) in [4.78, 5) is 12.1. The van der Waals surface area contributed by atoms with Crippen LogP contribution in [0.15, 0.2) is 60.8 Å². The summed E-state index contributed by atoms with van der Waals surface area (Å²) in [5.74, 6) is 0.374. The number of carbonyl (C=O) groups is 1. The normalized spacial score (nSPS) is 17.0. The Bertz CT molecular complexity index is 894. The van der Waals surface area contributed by atoms with Gasteiger partial charge in [-0.25, -0.2) is 9.07 Å². The molecule has 3 aromatic rings. The molecule has 1 atom stereocenters. The van der Waals surface area contributed by atoms with Crippen molar-refractivity contribution in [3.8, 4) is 5.69 Å². The van der Waals surface area contributed by atoms with Gasteiger partial charge in [0.05, 0.1) is 17.2 Å². The van der Waals surface area contributed by atoms with Gasteiger partial charge < -0.3 is 5.32 Å². The van der Waals surface area contributed by atoms with Crippen molar-refractivity contribution in [2.24, 2.45) is 0 Å². The Labute approximate surface area is 142 Å². The lowest BCUT2D eigenvalue weighted by Gasteiger charge is -2.14. The number of halogens is 1. The van der Waals surface area contributed by atoms with E-state index in [1.807, 2.05) is 30.3 Å². The van der Waals surface area contributed by atoms with Crippen LogP contribution in [-0.2, 0) is 4.79 Å². The second-order valence-corrected chi connectivity index (χ2v) is 6.56. The summed E-state index contributed by atoms with van der Waals surface area (Å²) in [5, 5.41) is 7.17. The topological polar surface area (TPSA) is 46.9 Å². The molecule has 2 heterocycles. The number of aromatic nitrogens is 2. The van der Waals surface area contributed by atoms with E-state index in [0.717, 1.165) is 11.1 Å². The molecule has 1 aromatic heterocycles. The number of hydrogen-bond acceptors (Lipinski definition) is 3. The number of para-hydroxylation sites is 1. The van der Waals surface area contributed by atoms with Gasteiger partial charge in [-0.15, -0.1) is 11.8 Å². The van der Waals surface area contributed by atoms with Crippen LogP contribution < -0.4 is 5.32 Å². The van der Waals surface area contributed by atoms with Crippen LogP contribution >= 0.6 is 11.8 Å². The Morgan fingerprint density at radius 1 is 1.12 bits per heavy atom. The number of carbonyl (C=O) groups excluding carboxylic acids is 1. The highest BCUT2D eigenvalue weighted by atomic mass is 32.2. The summed E-state index contributed by atoms with van der Waals surface area (Å²) in [5.41, 5.74) is 2.28. The molecule has 4 rings (SSSR count). The first kappa shape index (κ1) is 15.0. The zero-order valence-corrected chi connectivity index (χ0v) is 13.5. The summed E-state index contributed by atoms with van der Waals surface area (Å²) >= 11 is 1.54. The van der Waals surface area contributed by atoms with Crippen LogP contribution in [0.25, 0.3) is 5.69 Å². The van der Waals surface area contributed by atoms with Crippen LogP contribution in [0.2, 0.25) is 0 Å². The molecule has 0 saturated carbocycles. The average Bonchev–Trinajstić information content (AvgIpc) is 2.92. The Kier molecular flexibility index (Phi) is 3.82. The van der Waals surface area contributed by atoms with Gasteiger partial charge in [-0.05, 0) is 17.7 Å². The fourth-order valence-corrected chi connectivity index (χ4v) is 3.90. The molecule has 0 spiro atoms. The highest BCUT2D eigenvalue weighted by molar-refractivity contribution is 8.00. The third-order valence-corrected chi connectivity index (χ3v) is 5.19. The highest BCUT2D eigenvalue weighted by Gasteiger charge is 2.28. The van der Waals surface area contributed by atoms with Crippen LogP contribution in [-0.4, -0.2) is 21.4 Å². The maximum Gasteiger partial charge on any atom is 0.235 e. The molecule has 0 unspecified atom stereocenters. The first-order valence-corrected chi connectivity index (χ1v) is 8.58. The number of nitrogens with one attached hydrogen (secondary N) is 1. The number of hydrogen-bond donors (Lipinski definition) is 1. The third-order valence-electron chi connectivity index (χ3n) is 3.90. The molecular weight excluding hydrogens is 325 g/mol. The summed E-state index contributed by atoms with van der Waals surface area (Å²) in [6.45, 7) is 0. The predicted molar refractivity (Wildman–Crippen MR) is 92.9 cm³/mol. The highest BCUT2D eigenvalue weighted by Crippen LogP contribution is 2.41. The first-order chi connectivity index (χ1) is 11.7. The summed E-state index contributed by atoms with van der Waals surface area (Å²) in [7, 11) is 0. The molecule has 0 saturated heterocycles. The molecule has 0 aliphatic carbocycles. The molecule has 0 fully saturated rings. The fraction of sp³-hybridized carbons (Fsp3) is 0.111. The van der Waals surface area contributed by atoms with Crippen molar-refractivity contribution < 1.29 is 9.18 Å². The van der Waals surface area contributed by atoms with E-state index >= 15 is 0 Å². The lowest BCUT2D eigenvalue weighted by atomic mass is 10.1. The Balaban J connectivity index is 1.86. The zero-order chi connectivity index (χ0) is 16.5. The van der Waals surface area contributed by atoms with Gasteiger partial charge in [0.15, 0.2) is 0 Å². The van der Waals surface area contributed by atoms with Gasteiger partial charge in [0.2, 0.25) is 5.91 Å². The summed E-state index contributed by atoms with van der Waals surface area (Å²) in [6.07, 6.45) is 1.71. The maximum atomic E-state index is 14.2. The molecule has 0 bridgehead atoms. The molecule has 0 radical (unpaired) electrons. The van der Waals surface area contributed by atoms with Gasteiger partial charge in [-0.2, -0.15) is 5.10 Å². The number of nitrogens with zero attached hydrogens (tertiary/aromatic N) is 2. The van der Waals surface area contributed by atoms with E-state index in [4.69, 9.17) is 0 Å². The second kappa shape index (κ2) is 6.13. The molecule has 120 valence electrons. The van der Waals surface area contributed by atoms with Crippen molar-refractivity contribution in [1.29, 1.82) is 0 Å². The van der Waals surface area contributed by atoms with E-state index in [1.165, 1.54) is 10.7 Å². The monoisotopic (exact) mass is 339 g/mol. The summed E-state index contributed by atoms with van der Waals surface area (Å²) < 4.78 is 15.6. The molecule has 2 aromatic carbocycles. The number of anilines is 1. The van der Waals surface area contributed by atoms with Gasteiger partial charge in [-0.1, -0.05) is 42.5 Å². The van der Waals surface area contributed by atoms with Gasteiger partial charge in [0.25, 0.3) is 0 Å². The number of thioether (sulfide) groups is 1. The van der Waals surface area contributed by atoms with Crippen LogP contribution in [0, 0.1) is 5.82 Å². The van der Waals surface area contributed by atoms with E-state index in [2.05, 4.69) is 10.4 Å². The maximum absolute atomic E-state index is 14.2. The molecule has 4 nitrogen and oxygen atoms in total. The zero-order valence-electron chi connectivity index (χ0n) is 12.6. The van der Waals surface area contributed by atoms with Crippen LogP contribution in [0.1, 0.15) is 16.4 Å². The van der Waals surface area contributed by atoms with E-state index in [1.54, 1.807) is 36.2 Å². The molecule has 6 heteroatoms. The lowest BCUT2D eigenvalue weighted by molar-refractivity contribution is -0.113. The standard InChI is InChI=1S/C18H14FN3OS/c19-14-8-4-5-9-15(14)22-18-13(10-20-22)17(24-11-16(23)21-18)12-6-2-1-3-7-12/h1-10,17H,11H2,(H,21,23)/t17-/m0/s1. The van der Waals surface area contributed by atoms with Crippen molar-refractivity contribution in [1.82, 2.24) is 9.78 Å². The van der Waals surface area contributed by atoms with Gasteiger partial charge in [0, 0.05) is 5.56 Å². The molecule has 1 amide bonds. The Morgan fingerprint density at radius 3 is 2.67 bits per heavy atom. The number of fused-ring (bicyclic) bond motifs is 1. The van der Waals surface area contributed by atoms with Crippen LogP contribution in [0.3, 0.4) is 0 Å². The smallest absolute Gasteiger partial charge is 0.235 e. The predicted octanol–water partition coefficient (Wildman–Crippen LogP) is 3.79. The average molecular weight is 339 g/mol. The Hall–Kier alpha value is -2.60. The fourth-order valence-electron chi connectivity index (χ4n) is 2.80. The van der Waals surface area contributed by atoms with Crippen molar-refractivity contribution in [2.75, 3.05) is 11.1 Å². The van der Waals surface area contributed by atoms with E-state index in [0.29, 0.717) is 17.3 Å². The first-order valence-electron chi connectivity index (χ1n) is 7.53. The van der Waals surface area contributed by atoms with Crippen molar-refractivity contribution in [3.63, 3.8) is 0 Å². The minimum absolute atomic E-state index is 0.0272. The van der Waals surface area contributed by atoms with Crippen LogP contribution in [0.4, 0.5) is 10.2 Å². The quantitative estimate of drug-likeness (QED) is 0.773. The van der Waals surface area contributed by atoms with E-state index in [9.17, 15) is 9.18 Å². The van der Waals surface area contributed by atoms with Gasteiger partial charge in [0.1, 0.15) is 17.3 Å². The third kappa shape index (κ3) is 2.59. The minimum atomic E-state index is -0.384. The summed E-state index contributed by atoms with van der Waals surface area (Å²) in [6, 6.07) is 16.3. The molecule has 1 aliphatic heterocycles. The SMILES string of the molecule is O=C1CS[C@@H](c2ccccc2)c2cnn(-c3ccccc3F)c2N1. The Morgan fingerprint density at radius 2 is 1.88 bits per heavy atom. The molecular formula is C18H14FN3OS. The number of rotatable bonds is 2. The van der Waals surface area contributed by atoms with Gasteiger partial charge in [-0.3, -0.25) is 4.79 Å². The molecule has 1 N–H and O–H groups in total. The number of amides is 1. The molecule has 1 aliphatic rings. The minimum Gasteiger partial charge on any atom is -0.310 e. The second-order valence-electron chi connectivity index (χ2n) is 5.46. The van der Waals surface area contributed by atoms with Crippen LogP contribution in [0.5, 0.6) is 0 Å². The lowest BCUT2D eigenvalue weighted by Crippen LogP contribution is -2.16.